The molecule has 0 aliphatic heterocycles. The second-order valence-corrected chi connectivity index (χ2v) is 3.84. The molecule has 0 aliphatic rings. The van der Waals surface area contributed by atoms with Gasteiger partial charge >= 0.3 is 0 Å². The van der Waals surface area contributed by atoms with Crippen LogP contribution in [0, 0.1) is 29.1 Å². The highest BCUT2D eigenvalue weighted by Gasteiger charge is 2.27. The number of halogens is 5. The zero-order valence-corrected chi connectivity index (χ0v) is 10.1. The molecule has 0 aliphatic carbocycles. The Labute approximate surface area is 114 Å². The van der Waals surface area contributed by atoms with E-state index in [9.17, 15) is 26.7 Å². The fourth-order valence-corrected chi connectivity index (χ4v) is 1.49. The molecule has 1 amide bonds. The van der Waals surface area contributed by atoms with Crippen LogP contribution in [-0.2, 0) is 0 Å². The molecule has 21 heavy (non-hydrogen) atoms. The monoisotopic (exact) mass is 303 g/mol. The standard InChI is InChI=1S/C12H6F5N3O/c13-5-6(14)8(16)11(9(17)7(5)15)20-12(21)10-4(18)2-1-3-19-10/h1-3H,18H2,(H,20,21). The zero-order valence-electron chi connectivity index (χ0n) is 10.1. The van der Waals surface area contributed by atoms with E-state index in [4.69, 9.17) is 5.73 Å². The molecule has 1 aromatic heterocycles. The Morgan fingerprint density at radius 2 is 1.52 bits per heavy atom. The summed E-state index contributed by atoms with van der Waals surface area (Å²) in [5.41, 5.74) is 3.40. The van der Waals surface area contributed by atoms with E-state index < -0.39 is 46.4 Å². The number of hydrogen-bond donors (Lipinski definition) is 2. The summed E-state index contributed by atoms with van der Waals surface area (Å²) in [4.78, 5) is 15.3. The first kappa shape index (κ1) is 14.7. The van der Waals surface area contributed by atoms with Gasteiger partial charge in [0.25, 0.3) is 5.91 Å². The van der Waals surface area contributed by atoms with E-state index in [-0.39, 0.29) is 5.69 Å². The number of anilines is 2. The Morgan fingerprint density at radius 1 is 1.00 bits per heavy atom. The van der Waals surface area contributed by atoms with Crippen molar-refractivity contribution in [1.82, 2.24) is 4.98 Å². The van der Waals surface area contributed by atoms with Gasteiger partial charge in [0.2, 0.25) is 5.82 Å². The SMILES string of the molecule is Nc1cccnc1C(=O)Nc1c(F)c(F)c(F)c(F)c1F. The van der Waals surface area contributed by atoms with Crippen LogP contribution in [0.1, 0.15) is 10.5 Å². The third-order valence-electron chi connectivity index (χ3n) is 2.50. The van der Waals surface area contributed by atoms with E-state index >= 15 is 0 Å². The molecule has 0 unspecified atom stereocenters. The third-order valence-corrected chi connectivity index (χ3v) is 2.50. The Balaban J connectivity index is 2.46. The summed E-state index contributed by atoms with van der Waals surface area (Å²) in [7, 11) is 0. The average Bonchev–Trinajstić information content (AvgIpc) is 2.48. The van der Waals surface area contributed by atoms with Crippen molar-refractivity contribution in [3.8, 4) is 0 Å². The number of carbonyl (C=O) groups is 1. The highest BCUT2D eigenvalue weighted by molar-refractivity contribution is 6.06. The Bertz CT molecular complexity index is 706. The topological polar surface area (TPSA) is 68.0 Å². The van der Waals surface area contributed by atoms with E-state index in [0.29, 0.717) is 0 Å². The number of benzene rings is 1. The van der Waals surface area contributed by atoms with Crippen molar-refractivity contribution >= 4 is 17.3 Å². The maximum absolute atomic E-state index is 13.4. The molecule has 0 radical (unpaired) electrons. The zero-order chi connectivity index (χ0) is 15.7. The Hall–Kier alpha value is -2.71. The molecule has 1 heterocycles. The number of nitrogens with zero attached hydrogens (tertiary/aromatic N) is 1. The molecule has 110 valence electrons. The first-order valence-corrected chi connectivity index (χ1v) is 5.37. The predicted octanol–water partition coefficient (Wildman–Crippen LogP) is 2.61. The normalized spacial score (nSPS) is 10.5. The van der Waals surface area contributed by atoms with Gasteiger partial charge in [-0.3, -0.25) is 4.79 Å². The van der Waals surface area contributed by atoms with Crippen LogP contribution >= 0.6 is 0 Å². The molecule has 4 nitrogen and oxygen atoms in total. The first-order chi connectivity index (χ1) is 9.84. The number of nitrogens with one attached hydrogen (secondary N) is 1. The molecule has 0 bridgehead atoms. The van der Waals surface area contributed by atoms with Gasteiger partial charge in [0.15, 0.2) is 29.0 Å². The number of amides is 1. The Morgan fingerprint density at radius 3 is 2.05 bits per heavy atom. The van der Waals surface area contributed by atoms with Crippen LogP contribution in [0.5, 0.6) is 0 Å². The summed E-state index contributed by atoms with van der Waals surface area (Å²) >= 11 is 0. The molecule has 2 rings (SSSR count). The molecule has 0 fully saturated rings. The second kappa shape index (κ2) is 5.35. The molecular formula is C12H6F5N3O. The highest BCUT2D eigenvalue weighted by atomic mass is 19.2. The lowest BCUT2D eigenvalue weighted by molar-refractivity contribution is 0.102. The summed E-state index contributed by atoms with van der Waals surface area (Å²) in [6.07, 6.45) is 1.17. The number of carbonyl (C=O) groups excluding carboxylic acids is 1. The number of pyridine rings is 1. The van der Waals surface area contributed by atoms with E-state index in [1.165, 1.54) is 18.3 Å². The summed E-state index contributed by atoms with van der Waals surface area (Å²) in [5.74, 6) is -12.2. The number of hydrogen-bond acceptors (Lipinski definition) is 3. The van der Waals surface area contributed by atoms with Crippen molar-refractivity contribution in [1.29, 1.82) is 0 Å². The second-order valence-electron chi connectivity index (χ2n) is 3.84. The van der Waals surface area contributed by atoms with Gasteiger partial charge in [-0.05, 0) is 12.1 Å². The van der Waals surface area contributed by atoms with Gasteiger partial charge < -0.3 is 11.1 Å². The number of aromatic nitrogens is 1. The van der Waals surface area contributed by atoms with Crippen LogP contribution in [0.15, 0.2) is 18.3 Å². The van der Waals surface area contributed by atoms with Gasteiger partial charge in [0.05, 0.1) is 5.69 Å². The van der Waals surface area contributed by atoms with Gasteiger partial charge in [0.1, 0.15) is 5.69 Å². The summed E-state index contributed by atoms with van der Waals surface area (Å²) in [6.45, 7) is 0. The summed E-state index contributed by atoms with van der Waals surface area (Å²) in [6, 6.07) is 2.67. The van der Waals surface area contributed by atoms with Crippen molar-refractivity contribution < 1.29 is 26.7 Å². The van der Waals surface area contributed by atoms with Crippen LogP contribution in [-0.4, -0.2) is 10.9 Å². The van der Waals surface area contributed by atoms with Gasteiger partial charge in [-0.25, -0.2) is 26.9 Å². The lowest BCUT2D eigenvalue weighted by atomic mass is 10.2. The van der Waals surface area contributed by atoms with Gasteiger partial charge in [0, 0.05) is 6.20 Å². The van der Waals surface area contributed by atoms with Gasteiger partial charge in [-0.1, -0.05) is 0 Å². The first-order valence-electron chi connectivity index (χ1n) is 5.37. The Kier molecular flexibility index (Phi) is 3.74. The largest absolute Gasteiger partial charge is 0.397 e. The lowest BCUT2D eigenvalue weighted by Crippen LogP contribution is -2.19. The quantitative estimate of drug-likeness (QED) is 0.509. The maximum atomic E-state index is 13.4. The van der Waals surface area contributed by atoms with Crippen molar-refractivity contribution in [2.24, 2.45) is 0 Å². The lowest BCUT2D eigenvalue weighted by Gasteiger charge is -2.10. The van der Waals surface area contributed by atoms with E-state index in [2.05, 4.69) is 4.98 Å². The molecule has 0 saturated heterocycles. The molecule has 0 atom stereocenters. The molecule has 0 saturated carbocycles. The predicted molar refractivity (Wildman–Crippen MR) is 62.8 cm³/mol. The fraction of sp³-hybridized carbons (Fsp3) is 0. The number of nitrogen functional groups attached to an aromatic ring is 1. The maximum Gasteiger partial charge on any atom is 0.276 e. The number of rotatable bonds is 2. The summed E-state index contributed by atoms with van der Waals surface area (Å²) in [5, 5.41) is 1.57. The molecular weight excluding hydrogens is 297 g/mol. The fourth-order valence-electron chi connectivity index (χ4n) is 1.49. The van der Waals surface area contributed by atoms with Crippen molar-refractivity contribution in [2.75, 3.05) is 11.1 Å². The molecule has 2 aromatic rings. The van der Waals surface area contributed by atoms with Crippen LogP contribution in [0.25, 0.3) is 0 Å². The minimum Gasteiger partial charge on any atom is -0.397 e. The van der Waals surface area contributed by atoms with Crippen molar-refractivity contribution in [2.45, 2.75) is 0 Å². The van der Waals surface area contributed by atoms with Crippen molar-refractivity contribution in [3.05, 3.63) is 53.1 Å². The molecule has 0 spiro atoms. The minimum absolute atomic E-state index is 0.126. The molecule has 3 N–H and O–H groups in total. The highest BCUT2D eigenvalue weighted by Crippen LogP contribution is 2.27. The van der Waals surface area contributed by atoms with E-state index in [1.807, 2.05) is 0 Å². The summed E-state index contributed by atoms with van der Waals surface area (Å²) < 4.78 is 65.6. The minimum atomic E-state index is -2.32. The number of nitrogens with two attached hydrogens (primary N) is 1. The average molecular weight is 303 g/mol. The smallest absolute Gasteiger partial charge is 0.276 e. The van der Waals surface area contributed by atoms with Crippen molar-refractivity contribution in [3.63, 3.8) is 0 Å². The van der Waals surface area contributed by atoms with Crippen LogP contribution in [0.4, 0.5) is 33.3 Å². The molecule has 9 heteroatoms. The van der Waals surface area contributed by atoms with Gasteiger partial charge in [-0.2, -0.15) is 0 Å². The van der Waals surface area contributed by atoms with Crippen LogP contribution < -0.4 is 11.1 Å². The van der Waals surface area contributed by atoms with Crippen LogP contribution in [0.2, 0.25) is 0 Å². The van der Waals surface area contributed by atoms with Gasteiger partial charge in [-0.15, -0.1) is 0 Å². The molecule has 1 aromatic carbocycles. The third kappa shape index (κ3) is 2.49. The van der Waals surface area contributed by atoms with E-state index in [0.717, 1.165) is 0 Å². The van der Waals surface area contributed by atoms with Crippen LogP contribution in [0.3, 0.4) is 0 Å². The van der Waals surface area contributed by atoms with E-state index in [1.54, 1.807) is 5.32 Å².